The average Bonchev–Trinajstić information content (AvgIpc) is 3.19. The molecule has 0 aliphatic heterocycles. The number of rotatable bonds is 8. The van der Waals surface area contributed by atoms with E-state index in [9.17, 15) is 5.11 Å². The number of methoxy groups -OCH3 is 1. The fraction of sp³-hybridized carbons (Fsp3) is 0.333. The van der Waals surface area contributed by atoms with Crippen molar-refractivity contribution in [3.05, 3.63) is 59.9 Å². The number of ether oxygens (including phenoxy) is 1. The summed E-state index contributed by atoms with van der Waals surface area (Å²) in [6.07, 6.45) is 3.63. The molecule has 1 atom stereocenters. The van der Waals surface area contributed by atoms with E-state index in [2.05, 4.69) is 37.2 Å². The molecular weight excluding hydrogens is 454 g/mol. The number of fused-ring (bicyclic) bond motifs is 3. The van der Waals surface area contributed by atoms with Crippen molar-refractivity contribution >= 4 is 33.9 Å². The second-order valence-electron chi connectivity index (χ2n) is 9.41. The third-order valence-corrected chi connectivity index (χ3v) is 6.61. The molecule has 2 aromatic heterocycles. The molecule has 36 heavy (non-hydrogen) atoms. The Kier molecular flexibility index (Phi) is 6.67. The first-order valence-corrected chi connectivity index (χ1v) is 12.2. The molecule has 0 fully saturated rings. The summed E-state index contributed by atoms with van der Waals surface area (Å²) in [5.41, 5.74) is 11.9. The summed E-state index contributed by atoms with van der Waals surface area (Å²) >= 11 is 0. The van der Waals surface area contributed by atoms with Crippen LogP contribution < -0.4 is 21.1 Å². The second kappa shape index (κ2) is 10.0. The molecule has 0 saturated carbocycles. The van der Waals surface area contributed by atoms with Crippen LogP contribution in [0, 0.1) is 0 Å². The lowest BCUT2D eigenvalue weighted by atomic mass is 9.93. The minimum Gasteiger partial charge on any atom is -0.494 e. The van der Waals surface area contributed by atoms with Crippen molar-refractivity contribution in [2.75, 3.05) is 50.7 Å². The second-order valence-corrected chi connectivity index (χ2v) is 9.41. The molecule has 5 rings (SSSR count). The summed E-state index contributed by atoms with van der Waals surface area (Å²) in [7, 11) is 5.69. The highest BCUT2D eigenvalue weighted by atomic mass is 16.5. The van der Waals surface area contributed by atoms with Crippen molar-refractivity contribution in [1.29, 1.82) is 0 Å². The topological polar surface area (TPSA) is 113 Å². The Labute approximate surface area is 210 Å². The molecule has 1 aliphatic rings. The molecule has 9 nitrogen and oxygen atoms in total. The van der Waals surface area contributed by atoms with Gasteiger partial charge in [0, 0.05) is 42.9 Å². The minimum atomic E-state index is -0.308. The van der Waals surface area contributed by atoms with Gasteiger partial charge in [-0.05, 0) is 50.7 Å². The van der Waals surface area contributed by atoms with Gasteiger partial charge < -0.3 is 31.1 Å². The largest absolute Gasteiger partial charge is 0.494 e. The van der Waals surface area contributed by atoms with Gasteiger partial charge in [-0.1, -0.05) is 18.2 Å². The van der Waals surface area contributed by atoms with Crippen LogP contribution in [0.25, 0.3) is 16.7 Å². The van der Waals surface area contributed by atoms with Gasteiger partial charge in [0.05, 0.1) is 35.8 Å². The molecule has 0 radical (unpaired) electrons. The number of para-hydroxylation sites is 1. The molecule has 9 heteroatoms. The number of benzene rings is 2. The number of nitrogen functional groups attached to an aromatic ring is 1. The summed E-state index contributed by atoms with van der Waals surface area (Å²) in [5.74, 6) is 1.86. The van der Waals surface area contributed by atoms with Gasteiger partial charge in [0.25, 0.3) is 0 Å². The Hall–Kier alpha value is -3.82. The predicted octanol–water partition coefficient (Wildman–Crippen LogP) is 3.58. The lowest BCUT2D eigenvalue weighted by Gasteiger charge is -2.20. The monoisotopic (exact) mass is 487 g/mol. The first-order valence-electron chi connectivity index (χ1n) is 12.2. The third-order valence-electron chi connectivity index (χ3n) is 6.61. The molecule has 0 spiro atoms. The van der Waals surface area contributed by atoms with E-state index in [1.807, 2.05) is 44.4 Å². The smallest absolute Gasteiger partial charge is 0.229 e. The first-order chi connectivity index (χ1) is 17.4. The van der Waals surface area contributed by atoms with Gasteiger partial charge in [-0.15, -0.1) is 0 Å². The zero-order chi connectivity index (χ0) is 25.2. The maximum Gasteiger partial charge on any atom is 0.229 e. The first kappa shape index (κ1) is 23.9. The molecule has 2 aromatic carbocycles. The van der Waals surface area contributed by atoms with Crippen LogP contribution >= 0.6 is 0 Å². The number of anilines is 4. The van der Waals surface area contributed by atoms with Crippen molar-refractivity contribution in [3.63, 3.8) is 0 Å². The average molecular weight is 488 g/mol. The van der Waals surface area contributed by atoms with Crippen LogP contribution in [0.5, 0.6) is 5.75 Å². The number of hydrogen-bond donors (Lipinski definition) is 4. The van der Waals surface area contributed by atoms with Crippen LogP contribution in [0.1, 0.15) is 17.7 Å². The van der Waals surface area contributed by atoms with Gasteiger partial charge >= 0.3 is 0 Å². The summed E-state index contributed by atoms with van der Waals surface area (Å²) < 4.78 is 7.82. The zero-order valence-corrected chi connectivity index (χ0v) is 21.0. The number of nitrogens with zero attached hydrogens (tertiary/aromatic N) is 4. The highest BCUT2D eigenvalue weighted by Gasteiger charge is 2.25. The summed E-state index contributed by atoms with van der Waals surface area (Å²) in [6, 6.07) is 13.9. The molecule has 5 N–H and O–H groups in total. The molecule has 0 saturated heterocycles. The fourth-order valence-electron chi connectivity index (χ4n) is 4.84. The van der Waals surface area contributed by atoms with Crippen molar-refractivity contribution in [3.8, 4) is 11.6 Å². The standard InChI is InChI=1S/C27H33N7O2/c1-33(2)13-12-29-21-16-25(36-3)22(15-20(21)28)31-27-30-11-10-26(32-27)34-23-7-5-4-6-18(23)19-14-17(35)8-9-24(19)34/h4-7,10-11,15-17,29,35H,8-9,12-14,28H2,1-3H3,(H,30,31,32). The van der Waals surface area contributed by atoms with E-state index in [1.165, 1.54) is 11.3 Å². The van der Waals surface area contributed by atoms with Crippen LogP contribution in [-0.4, -0.2) is 64.9 Å². The Balaban J connectivity index is 1.47. The number of likely N-dealkylation sites (N-methyl/N-ethyl adjacent to an activating group) is 1. The van der Waals surface area contributed by atoms with E-state index in [4.69, 9.17) is 15.5 Å². The molecular formula is C27H33N7O2. The Bertz CT molecular complexity index is 1380. The minimum absolute atomic E-state index is 0.308. The van der Waals surface area contributed by atoms with E-state index in [1.54, 1.807) is 13.3 Å². The van der Waals surface area contributed by atoms with Gasteiger partial charge in [-0.25, -0.2) is 4.98 Å². The quantitative estimate of drug-likeness (QED) is 0.279. The van der Waals surface area contributed by atoms with Crippen molar-refractivity contribution in [1.82, 2.24) is 19.4 Å². The number of aliphatic hydroxyl groups is 1. The van der Waals surface area contributed by atoms with Gasteiger partial charge in [0.2, 0.25) is 5.95 Å². The molecule has 188 valence electrons. The van der Waals surface area contributed by atoms with Gasteiger partial charge in [0.1, 0.15) is 11.6 Å². The van der Waals surface area contributed by atoms with Crippen LogP contribution in [-0.2, 0) is 12.8 Å². The molecule has 0 amide bonds. The lowest BCUT2D eigenvalue weighted by Crippen LogP contribution is -2.21. The zero-order valence-electron chi connectivity index (χ0n) is 21.0. The Morgan fingerprint density at radius 1 is 1.19 bits per heavy atom. The van der Waals surface area contributed by atoms with Gasteiger partial charge in [0.15, 0.2) is 0 Å². The van der Waals surface area contributed by atoms with Gasteiger partial charge in [-0.3, -0.25) is 4.57 Å². The number of nitrogens with one attached hydrogen (secondary N) is 2. The van der Waals surface area contributed by atoms with Crippen LogP contribution in [0.2, 0.25) is 0 Å². The Morgan fingerprint density at radius 3 is 2.83 bits per heavy atom. The van der Waals surface area contributed by atoms with Crippen molar-refractivity contribution in [2.24, 2.45) is 0 Å². The maximum absolute atomic E-state index is 10.3. The molecule has 2 heterocycles. The van der Waals surface area contributed by atoms with Gasteiger partial charge in [-0.2, -0.15) is 4.98 Å². The van der Waals surface area contributed by atoms with E-state index in [-0.39, 0.29) is 6.10 Å². The third kappa shape index (κ3) is 4.67. The predicted molar refractivity (Wildman–Crippen MR) is 145 cm³/mol. The molecule has 1 aliphatic carbocycles. The van der Waals surface area contributed by atoms with E-state index < -0.39 is 0 Å². The fourth-order valence-corrected chi connectivity index (χ4v) is 4.84. The Morgan fingerprint density at radius 2 is 2.03 bits per heavy atom. The number of aliphatic hydroxyl groups excluding tert-OH is 1. The number of aromatic nitrogens is 3. The summed E-state index contributed by atoms with van der Waals surface area (Å²) in [4.78, 5) is 11.4. The normalized spacial score (nSPS) is 15.2. The van der Waals surface area contributed by atoms with E-state index in [0.717, 1.165) is 48.3 Å². The van der Waals surface area contributed by atoms with E-state index >= 15 is 0 Å². The van der Waals surface area contributed by atoms with Crippen LogP contribution in [0.4, 0.5) is 23.0 Å². The molecule has 0 bridgehead atoms. The highest BCUT2D eigenvalue weighted by Crippen LogP contribution is 2.36. The van der Waals surface area contributed by atoms with Crippen LogP contribution in [0.3, 0.4) is 0 Å². The summed E-state index contributed by atoms with van der Waals surface area (Å²) in [5, 5.41) is 18.1. The number of nitrogens with two attached hydrogens (primary N) is 1. The SMILES string of the molecule is COc1cc(NCCN(C)C)c(N)cc1Nc1nccc(-n2c3c(c4ccccc42)CC(O)CC3)n1. The number of hydrogen-bond acceptors (Lipinski definition) is 8. The van der Waals surface area contributed by atoms with Crippen LogP contribution in [0.15, 0.2) is 48.7 Å². The maximum atomic E-state index is 10.3. The molecule has 4 aromatic rings. The van der Waals surface area contributed by atoms with Crippen molar-refractivity contribution in [2.45, 2.75) is 25.4 Å². The summed E-state index contributed by atoms with van der Waals surface area (Å²) in [6.45, 7) is 1.66. The van der Waals surface area contributed by atoms with E-state index in [0.29, 0.717) is 29.5 Å². The van der Waals surface area contributed by atoms with Crippen molar-refractivity contribution < 1.29 is 9.84 Å². The molecule has 1 unspecified atom stereocenters. The lowest BCUT2D eigenvalue weighted by molar-refractivity contribution is 0.158. The highest BCUT2D eigenvalue weighted by molar-refractivity contribution is 5.87.